The lowest BCUT2D eigenvalue weighted by Crippen LogP contribution is -2.37. The summed E-state index contributed by atoms with van der Waals surface area (Å²) in [5, 5.41) is 3.03. The van der Waals surface area contributed by atoms with Crippen molar-refractivity contribution in [3.63, 3.8) is 0 Å². The average Bonchev–Trinajstić information content (AvgIpc) is 2.86. The molecule has 6 heteroatoms. The summed E-state index contributed by atoms with van der Waals surface area (Å²) in [5.41, 5.74) is 7.33. The van der Waals surface area contributed by atoms with Crippen molar-refractivity contribution in [2.45, 2.75) is 78.8 Å². The van der Waals surface area contributed by atoms with Crippen molar-refractivity contribution >= 4 is 17.2 Å². The highest BCUT2D eigenvalue weighted by Crippen LogP contribution is 2.35. The quantitative estimate of drug-likeness (QED) is 0.575. The zero-order valence-corrected chi connectivity index (χ0v) is 21.6. The molecule has 4 rings (SSSR count). The number of carbonyl (C=O) groups is 1. The first-order valence-electron chi connectivity index (χ1n) is 13.0. The molecular weight excluding hydrogens is 438 g/mol. The van der Waals surface area contributed by atoms with E-state index in [1.54, 1.807) is 0 Å². The first kappa shape index (κ1) is 25.2. The van der Waals surface area contributed by atoms with E-state index in [-0.39, 0.29) is 18.0 Å². The van der Waals surface area contributed by atoms with Gasteiger partial charge in [0.1, 0.15) is 0 Å². The number of hydrogen-bond donors (Lipinski definition) is 2. The maximum absolute atomic E-state index is 13.5. The summed E-state index contributed by atoms with van der Waals surface area (Å²) in [7, 11) is 0. The van der Waals surface area contributed by atoms with E-state index >= 15 is 0 Å². The Bertz CT molecular complexity index is 1160. The zero-order valence-electron chi connectivity index (χ0n) is 21.6. The molecule has 0 saturated heterocycles. The monoisotopic (exact) mass is 477 g/mol. The Hall–Kier alpha value is -2.86. The van der Waals surface area contributed by atoms with E-state index in [4.69, 9.17) is 4.74 Å². The number of benzene rings is 1. The summed E-state index contributed by atoms with van der Waals surface area (Å²) in [6, 6.07) is 6.74. The van der Waals surface area contributed by atoms with Gasteiger partial charge in [-0.05, 0) is 87.4 Å². The normalized spacial score (nSPS) is 16.6. The molecule has 188 valence electrons. The number of H-pyrrole nitrogens is 1. The fraction of sp³-hybridized carbons (Fsp3) is 0.517. The molecule has 2 heterocycles. The maximum Gasteiger partial charge on any atom is 0.253 e. The van der Waals surface area contributed by atoms with Gasteiger partial charge in [-0.25, -0.2) is 0 Å². The predicted octanol–water partition coefficient (Wildman–Crippen LogP) is 5.19. The molecule has 35 heavy (non-hydrogen) atoms. The Morgan fingerprint density at radius 1 is 1.14 bits per heavy atom. The molecule has 1 saturated carbocycles. The van der Waals surface area contributed by atoms with Crippen LogP contribution in [0.4, 0.5) is 5.69 Å². The molecule has 0 radical (unpaired) electrons. The van der Waals surface area contributed by atoms with Crippen molar-refractivity contribution in [2.75, 3.05) is 24.7 Å². The zero-order chi connectivity index (χ0) is 24.9. The summed E-state index contributed by atoms with van der Waals surface area (Å²) >= 11 is 0. The van der Waals surface area contributed by atoms with Crippen molar-refractivity contribution in [1.82, 2.24) is 10.3 Å². The van der Waals surface area contributed by atoms with Gasteiger partial charge in [0.05, 0.1) is 13.2 Å². The molecule has 2 aromatic rings. The number of hydrogen-bond acceptors (Lipinski definition) is 4. The van der Waals surface area contributed by atoms with Crippen LogP contribution in [0.25, 0.3) is 5.57 Å². The van der Waals surface area contributed by atoms with Gasteiger partial charge < -0.3 is 19.9 Å². The number of rotatable bonds is 7. The number of nitrogens with one attached hydrogen (secondary N) is 2. The van der Waals surface area contributed by atoms with Gasteiger partial charge in [0, 0.05) is 41.6 Å². The lowest BCUT2D eigenvalue weighted by Gasteiger charge is -2.37. The number of aryl methyl sites for hydroxylation is 2. The van der Waals surface area contributed by atoms with Gasteiger partial charge >= 0.3 is 0 Å². The summed E-state index contributed by atoms with van der Waals surface area (Å²) in [5.74, 6) is -0.141. The molecule has 1 fully saturated rings. The number of anilines is 1. The van der Waals surface area contributed by atoms with Crippen LogP contribution in [0.15, 0.2) is 29.1 Å². The number of aromatic nitrogens is 1. The molecule has 0 unspecified atom stereocenters. The molecule has 1 aromatic carbocycles. The van der Waals surface area contributed by atoms with Crippen LogP contribution in [0.5, 0.6) is 0 Å². The van der Waals surface area contributed by atoms with Gasteiger partial charge in [-0.2, -0.15) is 0 Å². The second kappa shape index (κ2) is 11.3. The molecule has 2 aliphatic rings. The lowest BCUT2D eigenvalue weighted by atomic mass is 9.91. The highest BCUT2D eigenvalue weighted by Gasteiger charge is 2.25. The van der Waals surface area contributed by atoms with Crippen molar-refractivity contribution in [3.05, 3.63) is 68.1 Å². The van der Waals surface area contributed by atoms with Crippen molar-refractivity contribution < 1.29 is 9.53 Å². The first-order valence-corrected chi connectivity index (χ1v) is 13.0. The van der Waals surface area contributed by atoms with Gasteiger partial charge in [0.15, 0.2) is 0 Å². The van der Waals surface area contributed by atoms with E-state index in [9.17, 15) is 9.59 Å². The fourth-order valence-electron chi connectivity index (χ4n) is 5.59. The van der Waals surface area contributed by atoms with Gasteiger partial charge in [0.2, 0.25) is 0 Å². The third-order valence-corrected chi connectivity index (χ3v) is 7.54. The molecule has 1 aliphatic carbocycles. The minimum atomic E-state index is -0.143. The first-order chi connectivity index (χ1) is 16.9. The Morgan fingerprint density at radius 3 is 2.57 bits per heavy atom. The lowest BCUT2D eigenvalue weighted by molar-refractivity contribution is 0.0950. The molecule has 1 amide bonds. The minimum Gasteiger partial charge on any atom is -0.377 e. The van der Waals surface area contributed by atoms with Crippen LogP contribution < -0.4 is 15.8 Å². The van der Waals surface area contributed by atoms with Crippen LogP contribution >= 0.6 is 0 Å². The van der Waals surface area contributed by atoms with Gasteiger partial charge in [0.25, 0.3) is 11.5 Å². The average molecular weight is 478 g/mol. The van der Waals surface area contributed by atoms with Crippen LogP contribution in [0.3, 0.4) is 0 Å². The summed E-state index contributed by atoms with van der Waals surface area (Å²) in [4.78, 5) is 31.3. The Labute approximate surface area is 208 Å². The van der Waals surface area contributed by atoms with E-state index in [1.165, 1.54) is 37.7 Å². The smallest absolute Gasteiger partial charge is 0.253 e. The number of pyridine rings is 1. The molecule has 0 spiro atoms. The number of amides is 1. The van der Waals surface area contributed by atoms with Gasteiger partial charge in [-0.1, -0.05) is 25.3 Å². The number of nitrogens with zero attached hydrogens (tertiary/aromatic N) is 1. The maximum atomic E-state index is 13.5. The molecule has 1 aromatic heterocycles. The highest BCUT2D eigenvalue weighted by atomic mass is 16.5. The standard InChI is InChI=1S/C29H39N3O3/c1-5-32(24-9-7-6-8-10-24)27-17-23(22-11-13-35-14-12-22)16-25(21(27)4)28(33)30-18-26-19(2)15-20(3)31-29(26)34/h11,15-17,24H,5-10,12-14,18H2,1-4H3,(H,30,33)(H,31,34). The molecule has 6 nitrogen and oxygen atoms in total. The second-order valence-electron chi connectivity index (χ2n) is 9.93. The summed E-state index contributed by atoms with van der Waals surface area (Å²) in [6.45, 7) is 10.5. The van der Waals surface area contributed by atoms with E-state index in [0.717, 1.165) is 41.0 Å². The predicted molar refractivity (Wildman–Crippen MR) is 142 cm³/mol. The van der Waals surface area contributed by atoms with Gasteiger partial charge in [-0.15, -0.1) is 0 Å². The highest BCUT2D eigenvalue weighted by molar-refractivity contribution is 5.98. The molecule has 2 N–H and O–H groups in total. The Balaban J connectivity index is 1.69. The number of aromatic amines is 1. The van der Waals surface area contributed by atoms with Crippen LogP contribution in [-0.4, -0.2) is 36.7 Å². The van der Waals surface area contributed by atoms with E-state index in [1.807, 2.05) is 26.0 Å². The van der Waals surface area contributed by atoms with E-state index in [0.29, 0.717) is 30.4 Å². The third kappa shape index (κ3) is 5.69. The fourth-order valence-corrected chi connectivity index (χ4v) is 5.59. The minimum absolute atomic E-state index is 0.141. The molecule has 0 atom stereocenters. The van der Waals surface area contributed by atoms with Crippen LogP contribution in [0.1, 0.15) is 83.8 Å². The van der Waals surface area contributed by atoms with E-state index < -0.39 is 0 Å². The molecule has 1 aliphatic heterocycles. The van der Waals surface area contributed by atoms with Crippen LogP contribution in [-0.2, 0) is 11.3 Å². The van der Waals surface area contributed by atoms with Crippen LogP contribution in [0, 0.1) is 20.8 Å². The topological polar surface area (TPSA) is 74.4 Å². The number of ether oxygens (including phenoxy) is 1. The van der Waals surface area contributed by atoms with Gasteiger partial charge in [-0.3, -0.25) is 9.59 Å². The van der Waals surface area contributed by atoms with Crippen molar-refractivity contribution in [2.24, 2.45) is 0 Å². The van der Waals surface area contributed by atoms with E-state index in [2.05, 4.69) is 41.2 Å². The Morgan fingerprint density at radius 2 is 1.91 bits per heavy atom. The van der Waals surface area contributed by atoms with Crippen molar-refractivity contribution in [1.29, 1.82) is 0 Å². The van der Waals surface area contributed by atoms with Crippen molar-refractivity contribution in [3.8, 4) is 0 Å². The molecular formula is C29H39N3O3. The largest absolute Gasteiger partial charge is 0.377 e. The Kier molecular flexibility index (Phi) is 8.11. The number of carbonyl (C=O) groups excluding carboxylic acids is 1. The summed E-state index contributed by atoms with van der Waals surface area (Å²) in [6.07, 6.45) is 9.21. The third-order valence-electron chi connectivity index (χ3n) is 7.54. The van der Waals surface area contributed by atoms with Crippen LogP contribution in [0.2, 0.25) is 0 Å². The summed E-state index contributed by atoms with van der Waals surface area (Å²) < 4.78 is 5.54. The molecule has 0 bridgehead atoms. The SMILES string of the molecule is CCN(c1cc(C2=CCOCC2)cc(C(=O)NCc2c(C)cc(C)[nH]c2=O)c1C)C1CCCCC1. The second-order valence-corrected chi connectivity index (χ2v) is 9.93.